The number of rotatable bonds is 7. The third kappa shape index (κ3) is 5.70. The second-order valence-corrected chi connectivity index (χ2v) is 7.65. The largest absolute Gasteiger partial charge is 0.371 e. The van der Waals surface area contributed by atoms with Gasteiger partial charge < -0.3 is 15.5 Å². The fourth-order valence-electron chi connectivity index (χ4n) is 3.19. The predicted octanol–water partition coefficient (Wildman–Crippen LogP) is 3.47. The number of thioether (sulfide) groups is 1. The second kappa shape index (κ2) is 10.1. The average molecular weight is 369 g/mol. The van der Waals surface area contributed by atoms with Gasteiger partial charge in [0.15, 0.2) is 5.96 Å². The lowest BCUT2D eigenvalue weighted by atomic mass is 10.1. The van der Waals surface area contributed by atoms with Crippen LogP contribution in [0.2, 0.25) is 0 Å². The molecule has 2 N–H and O–H groups in total. The predicted molar refractivity (Wildman–Crippen MR) is 113 cm³/mol. The van der Waals surface area contributed by atoms with Crippen molar-refractivity contribution in [3.8, 4) is 0 Å². The van der Waals surface area contributed by atoms with E-state index < -0.39 is 0 Å². The Morgan fingerprint density at radius 1 is 1.08 bits per heavy atom. The van der Waals surface area contributed by atoms with Crippen LogP contribution in [-0.4, -0.2) is 44.9 Å². The van der Waals surface area contributed by atoms with Crippen LogP contribution < -0.4 is 15.5 Å². The Morgan fingerprint density at radius 2 is 1.81 bits per heavy atom. The molecule has 1 unspecified atom stereocenters. The van der Waals surface area contributed by atoms with Crippen molar-refractivity contribution in [3.63, 3.8) is 0 Å². The van der Waals surface area contributed by atoms with E-state index in [0.29, 0.717) is 5.92 Å². The maximum Gasteiger partial charge on any atom is 0.191 e. The van der Waals surface area contributed by atoms with E-state index in [4.69, 9.17) is 0 Å². The van der Waals surface area contributed by atoms with Crippen LogP contribution in [0.15, 0.2) is 70.6 Å². The first-order chi connectivity index (χ1) is 12.8. The smallest absolute Gasteiger partial charge is 0.191 e. The number of benzene rings is 2. The van der Waals surface area contributed by atoms with Gasteiger partial charge in [-0.05, 0) is 36.6 Å². The Bertz CT molecular complexity index is 675. The standard InChI is InChI=1S/C21H28N4S/c1-22-21(23-13-15-26-20-10-6-3-7-11-20)24-16-18-12-14-25(17-18)19-8-4-2-5-9-19/h2-11,18H,12-17H2,1H3,(H2,22,23,24). The monoisotopic (exact) mass is 368 g/mol. The molecule has 0 saturated carbocycles. The zero-order chi connectivity index (χ0) is 18.0. The lowest BCUT2D eigenvalue weighted by molar-refractivity contribution is 0.566. The highest BCUT2D eigenvalue weighted by molar-refractivity contribution is 7.99. The fourth-order valence-corrected chi connectivity index (χ4v) is 3.98. The van der Waals surface area contributed by atoms with Crippen LogP contribution in [0.5, 0.6) is 0 Å². The van der Waals surface area contributed by atoms with Crippen LogP contribution >= 0.6 is 11.8 Å². The first-order valence-electron chi connectivity index (χ1n) is 9.27. The van der Waals surface area contributed by atoms with E-state index >= 15 is 0 Å². The highest BCUT2D eigenvalue weighted by atomic mass is 32.2. The quantitative estimate of drug-likeness (QED) is 0.340. The molecular formula is C21H28N4S. The number of anilines is 1. The zero-order valence-electron chi connectivity index (χ0n) is 15.4. The summed E-state index contributed by atoms with van der Waals surface area (Å²) in [6.07, 6.45) is 1.22. The summed E-state index contributed by atoms with van der Waals surface area (Å²) < 4.78 is 0. The van der Waals surface area contributed by atoms with Crippen LogP contribution in [0.25, 0.3) is 0 Å². The van der Waals surface area contributed by atoms with Gasteiger partial charge in [-0.15, -0.1) is 11.8 Å². The van der Waals surface area contributed by atoms with Gasteiger partial charge in [-0.25, -0.2) is 0 Å². The number of hydrogen-bond donors (Lipinski definition) is 2. The summed E-state index contributed by atoms with van der Waals surface area (Å²) in [5, 5.41) is 6.90. The lowest BCUT2D eigenvalue weighted by Crippen LogP contribution is -2.41. The molecule has 0 radical (unpaired) electrons. The fraction of sp³-hybridized carbons (Fsp3) is 0.381. The Kier molecular flexibility index (Phi) is 7.25. The molecule has 1 aliphatic heterocycles. The average Bonchev–Trinajstić information content (AvgIpc) is 3.18. The molecule has 0 amide bonds. The van der Waals surface area contributed by atoms with Gasteiger partial charge in [-0.2, -0.15) is 0 Å². The van der Waals surface area contributed by atoms with Gasteiger partial charge in [0.25, 0.3) is 0 Å². The molecular weight excluding hydrogens is 340 g/mol. The first-order valence-corrected chi connectivity index (χ1v) is 10.3. The van der Waals surface area contributed by atoms with Crippen molar-refractivity contribution in [3.05, 3.63) is 60.7 Å². The molecule has 2 aromatic rings. The summed E-state index contributed by atoms with van der Waals surface area (Å²) in [7, 11) is 1.84. The van der Waals surface area contributed by atoms with Crippen molar-refractivity contribution in [1.82, 2.24) is 10.6 Å². The Balaban J connectivity index is 1.34. The van der Waals surface area contributed by atoms with E-state index in [1.54, 1.807) is 0 Å². The molecule has 1 heterocycles. The van der Waals surface area contributed by atoms with Crippen LogP contribution in [0.1, 0.15) is 6.42 Å². The van der Waals surface area contributed by atoms with E-state index in [1.807, 2.05) is 18.8 Å². The molecule has 0 spiro atoms. The van der Waals surface area contributed by atoms with E-state index in [1.165, 1.54) is 17.0 Å². The third-order valence-corrected chi connectivity index (χ3v) is 5.61. The van der Waals surface area contributed by atoms with Gasteiger partial charge >= 0.3 is 0 Å². The molecule has 0 aliphatic carbocycles. The van der Waals surface area contributed by atoms with E-state index in [2.05, 4.69) is 81.2 Å². The summed E-state index contributed by atoms with van der Waals surface area (Å²) in [4.78, 5) is 8.12. The molecule has 5 heteroatoms. The van der Waals surface area contributed by atoms with Crippen LogP contribution in [0, 0.1) is 5.92 Å². The molecule has 2 aromatic carbocycles. The van der Waals surface area contributed by atoms with Crippen molar-refractivity contribution in [2.45, 2.75) is 11.3 Å². The third-order valence-electron chi connectivity index (χ3n) is 4.60. The van der Waals surface area contributed by atoms with Crippen molar-refractivity contribution < 1.29 is 0 Å². The Morgan fingerprint density at radius 3 is 2.54 bits per heavy atom. The normalized spacial score (nSPS) is 17.3. The van der Waals surface area contributed by atoms with E-state index in [9.17, 15) is 0 Å². The molecule has 1 aliphatic rings. The van der Waals surface area contributed by atoms with Gasteiger partial charge in [0.05, 0.1) is 0 Å². The molecule has 0 aromatic heterocycles. The molecule has 3 rings (SSSR count). The minimum absolute atomic E-state index is 0.660. The number of nitrogens with one attached hydrogen (secondary N) is 2. The van der Waals surface area contributed by atoms with Gasteiger partial charge in [0.1, 0.15) is 0 Å². The zero-order valence-corrected chi connectivity index (χ0v) is 16.2. The van der Waals surface area contributed by atoms with Gasteiger partial charge in [-0.3, -0.25) is 4.99 Å². The minimum Gasteiger partial charge on any atom is -0.371 e. The molecule has 1 fully saturated rings. The van der Waals surface area contributed by atoms with Crippen LogP contribution in [0.3, 0.4) is 0 Å². The van der Waals surface area contributed by atoms with Gasteiger partial charge in [0.2, 0.25) is 0 Å². The molecule has 4 nitrogen and oxygen atoms in total. The Labute approximate surface area is 161 Å². The topological polar surface area (TPSA) is 39.7 Å². The molecule has 1 saturated heterocycles. The summed E-state index contributed by atoms with van der Waals surface area (Å²) in [6.45, 7) is 4.11. The summed E-state index contributed by atoms with van der Waals surface area (Å²) in [5.41, 5.74) is 1.33. The highest BCUT2D eigenvalue weighted by Gasteiger charge is 2.22. The van der Waals surface area contributed by atoms with Gasteiger partial charge in [0, 0.05) is 49.6 Å². The van der Waals surface area contributed by atoms with Crippen LogP contribution in [-0.2, 0) is 0 Å². The SMILES string of the molecule is CN=C(NCCSc1ccccc1)NCC1CCN(c2ccccc2)C1. The lowest BCUT2D eigenvalue weighted by Gasteiger charge is -2.19. The van der Waals surface area contributed by atoms with Crippen molar-refractivity contribution in [1.29, 1.82) is 0 Å². The van der Waals surface area contributed by atoms with Gasteiger partial charge in [-0.1, -0.05) is 36.4 Å². The number of hydrogen-bond acceptors (Lipinski definition) is 3. The molecule has 138 valence electrons. The number of guanidine groups is 1. The summed E-state index contributed by atoms with van der Waals surface area (Å²) in [6, 6.07) is 21.2. The Hall–Kier alpha value is -2.14. The minimum atomic E-state index is 0.660. The highest BCUT2D eigenvalue weighted by Crippen LogP contribution is 2.22. The number of para-hydroxylation sites is 1. The summed E-state index contributed by atoms with van der Waals surface area (Å²) in [5.74, 6) is 2.58. The number of nitrogens with zero attached hydrogens (tertiary/aromatic N) is 2. The van der Waals surface area contributed by atoms with E-state index in [0.717, 1.165) is 37.9 Å². The van der Waals surface area contributed by atoms with E-state index in [-0.39, 0.29) is 0 Å². The second-order valence-electron chi connectivity index (χ2n) is 6.48. The maximum absolute atomic E-state index is 4.34. The molecule has 0 bridgehead atoms. The molecule has 1 atom stereocenters. The van der Waals surface area contributed by atoms with Crippen LogP contribution in [0.4, 0.5) is 5.69 Å². The summed E-state index contributed by atoms with van der Waals surface area (Å²) >= 11 is 1.86. The van der Waals surface area contributed by atoms with Crippen molar-refractivity contribution in [2.75, 3.05) is 43.9 Å². The molecule has 26 heavy (non-hydrogen) atoms. The number of aliphatic imine (C=N–C) groups is 1. The maximum atomic E-state index is 4.34. The van der Waals surface area contributed by atoms with Crippen molar-refractivity contribution in [2.24, 2.45) is 10.9 Å². The first kappa shape index (κ1) is 18.6. The van der Waals surface area contributed by atoms with Crippen molar-refractivity contribution >= 4 is 23.4 Å².